The van der Waals surface area contributed by atoms with E-state index in [9.17, 15) is 10.1 Å². The minimum atomic E-state index is -0.563. The third-order valence-corrected chi connectivity index (χ3v) is 3.00. The van der Waals surface area contributed by atoms with Crippen LogP contribution in [0.3, 0.4) is 0 Å². The zero-order valence-electron chi connectivity index (χ0n) is 10.8. The van der Waals surface area contributed by atoms with E-state index in [1.807, 2.05) is 0 Å². The number of likely N-dealkylation sites (N-methyl/N-ethyl adjacent to an activating group) is 1. The molecule has 2 N–H and O–H groups in total. The first-order valence-electron chi connectivity index (χ1n) is 6.13. The molecular formula is C11H17N5O3. The number of rotatable bonds is 7. The Bertz CT molecular complexity index is 464. The number of hydrogen-bond donors (Lipinski definition) is 1. The lowest BCUT2D eigenvalue weighted by Crippen LogP contribution is -2.25. The Balaban J connectivity index is 1.95. The second kappa shape index (κ2) is 5.79. The number of anilines is 2. The molecule has 0 unspecified atom stereocenters. The Hall–Kier alpha value is -1.96. The van der Waals surface area contributed by atoms with E-state index in [1.54, 1.807) is 11.9 Å². The smallest absolute Gasteiger partial charge is 0.353 e. The van der Waals surface area contributed by atoms with Gasteiger partial charge in [-0.1, -0.05) is 0 Å². The first-order valence-corrected chi connectivity index (χ1v) is 6.13. The molecule has 1 fully saturated rings. The molecule has 0 spiro atoms. The van der Waals surface area contributed by atoms with Gasteiger partial charge in [-0.2, -0.15) is 0 Å². The molecule has 1 heterocycles. The Morgan fingerprint density at radius 3 is 2.95 bits per heavy atom. The van der Waals surface area contributed by atoms with Gasteiger partial charge in [-0.15, -0.1) is 0 Å². The maximum Gasteiger partial charge on any atom is 0.353 e. The number of hydrogen-bond acceptors (Lipinski definition) is 7. The highest BCUT2D eigenvalue weighted by molar-refractivity contribution is 5.68. The number of nitro groups is 1. The van der Waals surface area contributed by atoms with Crippen molar-refractivity contribution in [2.24, 2.45) is 5.92 Å². The average Bonchev–Trinajstić information content (AvgIpc) is 3.17. The van der Waals surface area contributed by atoms with Gasteiger partial charge in [0, 0.05) is 20.2 Å². The number of aromatic nitrogens is 2. The van der Waals surface area contributed by atoms with Crippen molar-refractivity contribution in [1.29, 1.82) is 0 Å². The van der Waals surface area contributed by atoms with Crippen molar-refractivity contribution in [3.8, 4) is 0 Å². The summed E-state index contributed by atoms with van der Waals surface area (Å²) in [5.74, 6) is 0.794. The van der Waals surface area contributed by atoms with Crippen molar-refractivity contribution in [2.75, 3.05) is 37.4 Å². The maximum absolute atomic E-state index is 11.0. The van der Waals surface area contributed by atoms with Crippen LogP contribution in [0.2, 0.25) is 0 Å². The van der Waals surface area contributed by atoms with Crippen LogP contribution in [0.5, 0.6) is 0 Å². The van der Waals surface area contributed by atoms with E-state index in [2.05, 4.69) is 9.97 Å². The van der Waals surface area contributed by atoms with Crippen LogP contribution in [-0.4, -0.2) is 41.7 Å². The quantitative estimate of drug-likeness (QED) is 0.443. The number of nitrogen functional groups attached to an aromatic ring is 1. The first kappa shape index (κ1) is 13.5. The molecule has 0 amide bonds. The standard InChI is InChI=1S/C11H17N5O3/c1-15(4-5-19-6-8-2-3-8)11-9(16(17)18)10(12)13-7-14-11/h7-8H,2-6H2,1H3,(H2,12,13,14). The molecule has 0 aromatic carbocycles. The number of nitrogens with two attached hydrogens (primary N) is 1. The summed E-state index contributed by atoms with van der Waals surface area (Å²) in [6.45, 7) is 1.79. The van der Waals surface area contributed by atoms with Gasteiger partial charge in [0.15, 0.2) is 0 Å². The second-order valence-electron chi connectivity index (χ2n) is 4.63. The van der Waals surface area contributed by atoms with E-state index in [4.69, 9.17) is 10.5 Å². The highest BCUT2D eigenvalue weighted by atomic mass is 16.6. The lowest BCUT2D eigenvalue weighted by molar-refractivity contribution is -0.383. The largest absolute Gasteiger partial charge is 0.379 e. The molecule has 2 rings (SSSR count). The predicted octanol–water partition coefficient (Wildman–Crippen LogP) is 0.830. The number of nitrogens with zero attached hydrogens (tertiary/aromatic N) is 4. The fourth-order valence-corrected chi connectivity index (χ4v) is 1.68. The van der Waals surface area contributed by atoms with E-state index >= 15 is 0 Å². The maximum atomic E-state index is 11.0. The van der Waals surface area contributed by atoms with Crippen LogP contribution < -0.4 is 10.6 Å². The molecule has 0 radical (unpaired) electrons. The molecule has 0 atom stereocenters. The van der Waals surface area contributed by atoms with Crippen molar-refractivity contribution in [3.05, 3.63) is 16.4 Å². The molecule has 1 aliphatic carbocycles. The van der Waals surface area contributed by atoms with Gasteiger partial charge < -0.3 is 15.4 Å². The highest BCUT2D eigenvalue weighted by Gasteiger charge is 2.24. The minimum Gasteiger partial charge on any atom is -0.379 e. The van der Waals surface area contributed by atoms with Gasteiger partial charge in [-0.05, 0) is 18.8 Å². The van der Waals surface area contributed by atoms with Crippen LogP contribution in [0.25, 0.3) is 0 Å². The van der Waals surface area contributed by atoms with E-state index in [0.717, 1.165) is 6.61 Å². The highest BCUT2D eigenvalue weighted by Crippen LogP contribution is 2.29. The summed E-state index contributed by atoms with van der Waals surface area (Å²) in [7, 11) is 1.72. The summed E-state index contributed by atoms with van der Waals surface area (Å²) in [5.41, 5.74) is 5.25. The first-order chi connectivity index (χ1) is 9.09. The molecule has 0 aliphatic heterocycles. The summed E-state index contributed by atoms with van der Waals surface area (Å²) in [6.07, 6.45) is 3.70. The summed E-state index contributed by atoms with van der Waals surface area (Å²) >= 11 is 0. The van der Waals surface area contributed by atoms with Gasteiger partial charge in [0.2, 0.25) is 11.6 Å². The molecular weight excluding hydrogens is 250 g/mol. The van der Waals surface area contributed by atoms with Gasteiger partial charge in [0.1, 0.15) is 6.33 Å². The van der Waals surface area contributed by atoms with Crippen LogP contribution in [0.1, 0.15) is 12.8 Å². The van der Waals surface area contributed by atoms with Crippen molar-refractivity contribution >= 4 is 17.3 Å². The van der Waals surface area contributed by atoms with Crippen molar-refractivity contribution in [1.82, 2.24) is 9.97 Å². The molecule has 8 nitrogen and oxygen atoms in total. The molecule has 19 heavy (non-hydrogen) atoms. The fraction of sp³-hybridized carbons (Fsp3) is 0.636. The summed E-state index contributed by atoms with van der Waals surface area (Å²) in [6, 6.07) is 0. The lowest BCUT2D eigenvalue weighted by Gasteiger charge is -2.17. The number of ether oxygens (including phenoxy) is 1. The van der Waals surface area contributed by atoms with Crippen LogP contribution in [0, 0.1) is 16.0 Å². The van der Waals surface area contributed by atoms with E-state index < -0.39 is 4.92 Å². The van der Waals surface area contributed by atoms with Crippen LogP contribution in [0.15, 0.2) is 6.33 Å². The normalized spacial score (nSPS) is 14.4. The zero-order valence-corrected chi connectivity index (χ0v) is 10.8. The fourth-order valence-electron chi connectivity index (χ4n) is 1.68. The summed E-state index contributed by atoms with van der Waals surface area (Å²) in [4.78, 5) is 19.6. The molecule has 1 aliphatic rings. The zero-order chi connectivity index (χ0) is 13.8. The van der Waals surface area contributed by atoms with Crippen LogP contribution >= 0.6 is 0 Å². The summed E-state index contributed by atoms with van der Waals surface area (Å²) < 4.78 is 5.49. The minimum absolute atomic E-state index is 0.124. The van der Waals surface area contributed by atoms with Crippen LogP contribution in [0.4, 0.5) is 17.3 Å². The Morgan fingerprint density at radius 2 is 2.32 bits per heavy atom. The molecule has 1 saturated carbocycles. The van der Waals surface area contributed by atoms with E-state index in [-0.39, 0.29) is 17.3 Å². The monoisotopic (exact) mass is 267 g/mol. The Morgan fingerprint density at radius 1 is 1.58 bits per heavy atom. The van der Waals surface area contributed by atoms with Gasteiger partial charge in [0.25, 0.3) is 0 Å². The Kier molecular flexibility index (Phi) is 4.10. The molecule has 8 heteroatoms. The van der Waals surface area contributed by atoms with Gasteiger partial charge in [-0.25, -0.2) is 9.97 Å². The van der Waals surface area contributed by atoms with Crippen molar-refractivity contribution in [3.63, 3.8) is 0 Å². The SMILES string of the molecule is CN(CCOCC1CC1)c1ncnc(N)c1[N+](=O)[O-]. The van der Waals surface area contributed by atoms with Gasteiger partial charge in [0.05, 0.1) is 11.5 Å². The van der Waals surface area contributed by atoms with E-state index in [0.29, 0.717) is 19.1 Å². The third-order valence-electron chi connectivity index (χ3n) is 3.00. The lowest BCUT2D eigenvalue weighted by atomic mass is 10.4. The Labute approximate surface area is 110 Å². The predicted molar refractivity (Wildman–Crippen MR) is 69.9 cm³/mol. The van der Waals surface area contributed by atoms with Crippen LogP contribution in [-0.2, 0) is 4.74 Å². The molecule has 0 bridgehead atoms. The second-order valence-corrected chi connectivity index (χ2v) is 4.63. The molecule has 1 aromatic rings. The third kappa shape index (κ3) is 3.50. The average molecular weight is 267 g/mol. The van der Waals surface area contributed by atoms with Gasteiger partial charge >= 0.3 is 5.69 Å². The van der Waals surface area contributed by atoms with Crippen molar-refractivity contribution < 1.29 is 9.66 Å². The van der Waals surface area contributed by atoms with Gasteiger partial charge in [-0.3, -0.25) is 10.1 Å². The summed E-state index contributed by atoms with van der Waals surface area (Å²) in [5, 5.41) is 11.0. The van der Waals surface area contributed by atoms with E-state index in [1.165, 1.54) is 19.2 Å². The van der Waals surface area contributed by atoms with Crippen molar-refractivity contribution in [2.45, 2.75) is 12.8 Å². The topological polar surface area (TPSA) is 107 Å². The molecule has 104 valence electrons. The molecule has 0 saturated heterocycles. The molecule has 1 aromatic heterocycles.